The second-order valence-corrected chi connectivity index (χ2v) is 9.42. The van der Waals surface area contributed by atoms with Gasteiger partial charge in [0.2, 0.25) is 0 Å². The van der Waals surface area contributed by atoms with Crippen LogP contribution in [0.5, 0.6) is 0 Å². The van der Waals surface area contributed by atoms with Crippen LogP contribution in [0.1, 0.15) is 60.6 Å². The average molecular weight is 429 g/mol. The molecule has 0 aromatic carbocycles. The van der Waals surface area contributed by atoms with Gasteiger partial charge in [-0.05, 0) is 50.8 Å². The summed E-state index contributed by atoms with van der Waals surface area (Å²) in [4.78, 5) is 29.3. The van der Waals surface area contributed by atoms with Gasteiger partial charge in [0.15, 0.2) is 0 Å². The largest absolute Gasteiger partial charge is 0.378 e. The molecule has 1 aromatic heterocycles. The molecule has 1 fully saturated rings. The van der Waals surface area contributed by atoms with Gasteiger partial charge in [-0.3, -0.25) is 14.8 Å². The molecule has 0 saturated carbocycles. The molecule has 7 heteroatoms. The molecule has 0 spiro atoms. The average Bonchev–Trinajstić information content (AvgIpc) is 3.28. The number of ether oxygens (including phenoxy) is 1. The van der Waals surface area contributed by atoms with Gasteiger partial charge in [-0.15, -0.1) is 11.3 Å². The molecule has 0 radical (unpaired) electrons. The van der Waals surface area contributed by atoms with E-state index in [1.54, 1.807) is 11.3 Å². The van der Waals surface area contributed by atoms with Crippen LogP contribution in [0.25, 0.3) is 0 Å². The molecule has 0 N–H and O–H groups in total. The van der Waals surface area contributed by atoms with Crippen molar-refractivity contribution in [1.82, 2.24) is 9.80 Å². The minimum Gasteiger partial charge on any atom is -0.378 e. The fraction of sp³-hybridized carbons (Fsp3) is 0.609. The zero-order valence-electron chi connectivity index (χ0n) is 18.6. The van der Waals surface area contributed by atoms with Crippen LogP contribution in [-0.4, -0.2) is 71.7 Å². The number of nitrogens with zero attached hydrogens (tertiary/aromatic N) is 4. The third-order valence-corrected chi connectivity index (χ3v) is 7.58. The van der Waals surface area contributed by atoms with Crippen LogP contribution in [0.3, 0.4) is 0 Å². The third-order valence-electron chi connectivity index (χ3n) is 6.35. The number of hydrogen-bond donors (Lipinski definition) is 0. The Labute approximate surface area is 183 Å². The molecule has 1 saturated heterocycles. The number of thiophene rings is 1. The van der Waals surface area contributed by atoms with Crippen LogP contribution < -0.4 is 0 Å². The van der Waals surface area contributed by atoms with Crippen LogP contribution in [0.2, 0.25) is 0 Å². The van der Waals surface area contributed by atoms with Crippen molar-refractivity contribution in [3.8, 4) is 0 Å². The van der Waals surface area contributed by atoms with Crippen molar-refractivity contribution in [3.63, 3.8) is 0 Å². The minimum absolute atomic E-state index is 0.0594. The summed E-state index contributed by atoms with van der Waals surface area (Å²) in [7, 11) is 0. The number of aryl methyl sites for hydroxylation is 1. The van der Waals surface area contributed by atoms with Gasteiger partial charge in [0.25, 0.3) is 5.91 Å². The first-order chi connectivity index (χ1) is 14.4. The SMILES string of the molecule is CCC(CC)N1C=C(C)C2N=C(c3sc(C(=O)N4CCOCC4)cc3C)C(C)=NC21. The summed E-state index contributed by atoms with van der Waals surface area (Å²) in [6.45, 7) is 13.3. The number of aliphatic imine (C=N–C) groups is 2. The summed E-state index contributed by atoms with van der Waals surface area (Å²) in [6.07, 6.45) is 4.52. The maximum absolute atomic E-state index is 12.9. The maximum atomic E-state index is 12.9. The van der Waals surface area contributed by atoms with Gasteiger partial charge in [0.1, 0.15) is 12.2 Å². The van der Waals surface area contributed by atoms with E-state index in [1.165, 1.54) is 5.57 Å². The molecule has 4 rings (SSSR count). The van der Waals surface area contributed by atoms with E-state index >= 15 is 0 Å². The smallest absolute Gasteiger partial charge is 0.264 e. The lowest BCUT2D eigenvalue weighted by atomic mass is 10.0. The van der Waals surface area contributed by atoms with Crippen molar-refractivity contribution in [3.05, 3.63) is 33.2 Å². The van der Waals surface area contributed by atoms with Gasteiger partial charge in [0.05, 0.1) is 34.4 Å². The molecule has 0 bridgehead atoms. The Morgan fingerprint density at radius 3 is 2.57 bits per heavy atom. The van der Waals surface area contributed by atoms with E-state index in [0.717, 1.165) is 39.6 Å². The highest BCUT2D eigenvalue weighted by atomic mass is 32.1. The lowest BCUT2D eigenvalue weighted by molar-refractivity contribution is 0.0306. The molecule has 0 aliphatic carbocycles. The molecule has 4 heterocycles. The Kier molecular flexibility index (Phi) is 6.11. The summed E-state index contributed by atoms with van der Waals surface area (Å²) in [5, 5.41) is 0. The second-order valence-electron chi connectivity index (χ2n) is 8.37. The molecule has 2 atom stereocenters. The van der Waals surface area contributed by atoms with Gasteiger partial charge >= 0.3 is 0 Å². The molecular weight excluding hydrogens is 396 g/mol. The highest BCUT2D eigenvalue weighted by Gasteiger charge is 2.39. The molecule has 162 valence electrons. The van der Waals surface area contributed by atoms with Crippen molar-refractivity contribution in [1.29, 1.82) is 0 Å². The van der Waals surface area contributed by atoms with Gasteiger partial charge in [-0.2, -0.15) is 0 Å². The molecule has 30 heavy (non-hydrogen) atoms. The number of carbonyl (C=O) groups excluding carboxylic acids is 1. The topological polar surface area (TPSA) is 57.5 Å². The highest BCUT2D eigenvalue weighted by Crippen LogP contribution is 2.34. The molecule has 1 amide bonds. The predicted molar refractivity (Wildman–Crippen MR) is 123 cm³/mol. The van der Waals surface area contributed by atoms with E-state index in [0.29, 0.717) is 32.3 Å². The van der Waals surface area contributed by atoms with Crippen LogP contribution in [0.15, 0.2) is 27.8 Å². The highest BCUT2D eigenvalue weighted by molar-refractivity contribution is 7.17. The van der Waals surface area contributed by atoms with Gasteiger partial charge < -0.3 is 14.5 Å². The van der Waals surface area contributed by atoms with E-state index in [1.807, 2.05) is 11.0 Å². The quantitative estimate of drug-likeness (QED) is 0.715. The van der Waals surface area contributed by atoms with Crippen molar-refractivity contribution >= 4 is 28.7 Å². The number of hydrogen-bond acceptors (Lipinski definition) is 6. The Balaban J connectivity index is 1.61. The number of morpholine rings is 1. The zero-order valence-corrected chi connectivity index (χ0v) is 19.5. The van der Waals surface area contributed by atoms with E-state index in [2.05, 4.69) is 45.7 Å². The minimum atomic E-state index is 0.0594. The Morgan fingerprint density at radius 1 is 1.20 bits per heavy atom. The van der Waals surface area contributed by atoms with E-state index in [4.69, 9.17) is 14.7 Å². The standard InChI is InChI=1S/C23H32N4O2S/c1-6-17(7-2)27-13-15(4)19-22(27)24-16(5)20(25-19)21-14(3)12-18(30-21)23(28)26-8-10-29-11-9-26/h12-13,17,19,22H,6-11H2,1-5H3. The summed E-state index contributed by atoms with van der Waals surface area (Å²) >= 11 is 1.55. The van der Waals surface area contributed by atoms with Gasteiger partial charge in [0, 0.05) is 25.3 Å². The Hall–Kier alpha value is -1.99. The third kappa shape index (κ3) is 3.73. The summed E-state index contributed by atoms with van der Waals surface area (Å²) in [6, 6.07) is 2.56. The first kappa shape index (κ1) is 21.2. The second kappa shape index (κ2) is 8.63. The van der Waals surface area contributed by atoms with Crippen LogP contribution in [0, 0.1) is 6.92 Å². The first-order valence-corrected chi connectivity index (χ1v) is 11.8. The lowest BCUT2D eigenvalue weighted by Crippen LogP contribution is -2.43. The zero-order chi connectivity index (χ0) is 21.4. The molecule has 6 nitrogen and oxygen atoms in total. The number of rotatable bonds is 5. The van der Waals surface area contributed by atoms with Crippen LogP contribution in [-0.2, 0) is 4.74 Å². The summed E-state index contributed by atoms with van der Waals surface area (Å²) in [5.74, 6) is 0.0957. The van der Waals surface area contributed by atoms with E-state index in [9.17, 15) is 4.79 Å². The molecule has 3 aliphatic rings. The van der Waals surface area contributed by atoms with Crippen molar-refractivity contribution in [2.75, 3.05) is 26.3 Å². The molecule has 3 aliphatic heterocycles. The fourth-order valence-corrected chi connectivity index (χ4v) is 5.77. The normalized spacial score (nSPS) is 24.0. The van der Waals surface area contributed by atoms with E-state index in [-0.39, 0.29) is 18.1 Å². The monoisotopic (exact) mass is 428 g/mol. The van der Waals surface area contributed by atoms with Crippen molar-refractivity contribution in [2.24, 2.45) is 9.98 Å². The maximum Gasteiger partial charge on any atom is 0.264 e. The van der Waals surface area contributed by atoms with Crippen molar-refractivity contribution in [2.45, 2.75) is 65.7 Å². The fourth-order valence-electron chi connectivity index (χ4n) is 4.58. The summed E-state index contributed by atoms with van der Waals surface area (Å²) < 4.78 is 5.38. The Bertz CT molecular complexity index is 906. The van der Waals surface area contributed by atoms with Crippen LogP contribution >= 0.6 is 11.3 Å². The molecule has 2 unspecified atom stereocenters. The van der Waals surface area contributed by atoms with Crippen molar-refractivity contribution < 1.29 is 9.53 Å². The number of fused-ring (bicyclic) bond motifs is 1. The summed E-state index contributed by atoms with van der Waals surface area (Å²) in [5.41, 5.74) is 4.27. The number of carbonyl (C=O) groups is 1. The van der Waals surface area contributed by atoms with Crippen LogP contribution in [0.4, 0.5) is 0 Å². The predicted octanol–water partition coefficient (Wildman–Crippen LogP) is 3.90. The molecular formula is C23H32N4O2S. The molecule has 1 aromatic rings. The number of amides is 1. The first-order valence-electron chi connectivity index (χ1n) is 11.0. The van der Waals surface area contributed by atoms with Gasteiger partial charge in [-0.25, -0.2) is 0 Å². The van der Waals surface area contributed by atoms with E-state index < -0.39 is 0 Å². The van der Waals surface area contributed by atoms with Gasteiger partial charge in [-0.1, -0.05) is 13.8 Å². The Morgan fingerprint density at radius 2 is 1.90 bits per heavy atom. The lowest BCUT2D eigenvalue weighted by Gasteiger charge is -2.34.